The molecular formula is C16H21FN4. The number of rotatable bonds is 4. The molecule has 2 aromatic rings. The summed E-state index contributed by atoms with van der Waals surface area (Å²) >= 11 is 0. The van der Waals surface area contributed by atoms with Crippen molar-refractivity contribution in [2.24, 2.45) is 5.92 Å². The van der Waals surface area contributed by atoms with Crippen LogP contribution in [0.15, 0.2) is 30.6 Å². The van der Waals surface area contributed by atoms with Crippen LogP contribution >= 0.6 is 0 Å². The fourth-order valence-electron chi connectivity index (χ4n) is 3.10. The van der Waals surface area contributed by atoms with Crippen LogP contribution in [0.1, 0.15) is 25.1 Å². The number of hydrogen-bond donors (Lipinski definition) is 0. The Kier molecular flexibility index (Phi) is 4.29. The van der Waals surface area contributed by atoms with E-state index >= 15 is 0 Å². The first-order chi connectivity index (χ1) is 10.2. The van der Waals surface area contributed by atoms with Gasteiger partial charge in [-0.15, -0.1) is 0 Å². The lowest BCUT2D eigenvalue weighted by molar-refractivity contribution is 0.201. The van der Waals surface area contributed by atoms with Gasteiger partial charge in [0.2, 0.25) is 0 Å². The summed E-state index contributed by atoms with van der Waals surface area (Å²) in [6, 6.07) is 6.49. The summed E-state index contributed by atoms with van der Waals surface area (Å²) in [6.07, 6.45) is 6.11. The lowest BCUT2D eigenvalue weighted by Gasteiger charge is -2.29. The van der Waals surface area contributed by atoms with Gasteiger partial charge in [-0.1, -0.05) is 6.07 Å². The SMILES string of the molecule is CN1CCC[C@@H](CCc2ncnn2-c2cccc(F)c2)C1. The van der Waals surface area contributed by atoms with Gasteiger partial charge < -0.3 is 4.90 Å². The zero-order valence-corrected chi connectivity index (χ0v) is 12.4. The Labute approximate surface area is 124 Å². The number of nitrogens with zero attached hydrogens (tertiary/aromatic N) is 4. The van der Waals surface area contributed by atoms with Gasteiger partial charge in [-0.3, -0.25) is 0 Å². The van der Waals surface area contributed by atoms with Gasteiger partial charge in [0.15, 0.2) is 0 Å². The Morgan fingerprint density at radius 2 is 2.29 bits per heavy atom. The summed E-state index contributed by atoms with van der Waals surface area (Å²) in [6.45, 7) is 2.37. The van der Waals surface area contributed by atoms with Crippen molar-refractivity contribution in [2.75, 3.05) is 20.1 Å². The topological polar surface area (TPSA) is 34.0 Å². The smallest absolute Gasteiger partial charge is 0.138 e. The Morgan fingerprint density at radius 3 is 3.10 bits per heavy atom. The lowest BCUT2D eigenvalue weighted by atomic mass is 9.93. The van der Waals surface area contributed by atoms with E-state index in [1.165, 1.54) is 31.5 Å². The van der Waals surface area contributed by atoms with E-state index in [2.05, 4.69) is 22.0 Å². The van der Waals surface area contributed by atoms with Gasteiger partial charge in [0.05, 0.1) is 5.69 Å². The number of benzene rings is 1. The third-order valence-corrected chi connectivity index (χ3v) is 4.17. The molecule has 1 atom stereocenters. The van der Waals surface area contributed by atoms with Crippen LogP contribution in [-0.2, 0) is 6.42 Å². The van der Waals surface area contributed by atoms with E-state index in [9.17, 15) is 4.39 Å². The van der Waals surface area contributed by atoms with E-state index in [-0.39, 0.29) is 5.82 Å². The molecule has 0 unspecified atom stereocenters. The van der Waals surface area contributed by atoms with Crippen LogP contribution in [0.25, 0.3) is 5.69 Å². The second-order valence-electron chi connectivity index (χ2n) is 5.88. The molecule has 0 spiro atoms. The largest absolute Gasteiger partial charge is 0.306 e. The molecule has 0 aliphatic carbocycles. The summed E-state index contributed by atoms with van der Waals surface area (Å²) in [5.74, 6) is 1.39. The van der Waals surface area contributed by atoms with Crippen LogP contribution in [-0.4, -0.2) is 39.8 Å². The maximum absolute atomic E-state index is 13.3. The van der Waals surface area contributed by atoms with Crippen LogP contribution < -0.4 is 0 Å². The number of aromatic nitrogens is 3. The standard InChI is InChI=1S/C16H21FN4/c1-20-9-3-4-13(11-20)7-8-16-18-12-19-21(16)15-6-2-5-14(17)10-15/h2,5-6,10,12-13H,3-4,7-9,11H2,1H3/t13-/m0/s1. The Morgan fingerprint density at radius 1 is 1.38 bits per heavy atom. The molecule has 0 bridgehead atoms. The molecule has 112 valence electrons. The van der Waals surface area contributed by atoms with E-state index in [1.807, 2.05) is 6.07 Å². The number of piperidine rings is 1. The average molecular weight is 288 g/mol. The number of hydrogen-bond acceptors (Lipinski definition) is 3. The van der Waals surface area contributed by atoms with Crippen LogP contribution in [0.4, 0.5) is 4.39 Å². The van der Waals surface area contributed by atoms with Crippen molar-refractivity contribution in [1.82, 2.24) is 19.7 Å². The first kappa shape index (κ1) is 14.2. The van der Waals surface area contributed by atoms with E-state index in [0.29, 0.717) is 0 Å². The molecule has 0 amide bonds. The van der Waals surface area contributed by atoms with E-state index in [1.54, 1.807) is 17.1 Å². The molecule has 1 fully saturated rings. The van der Waals surface area contributed by atoms with Crippen molar-refractivity contribution in [3.8, 4) is 5.69 Å². The van der Waals surface area contributed by atoms with Gasteiger partial charge in [0, 0.05) is 13.0 Å². The number of likely N-dealkylation sites (tertiary alicyclic amines) is 1. The lowest BCUT2D eigenvalue weighted by Crippen LogP contribution is -2.32. The molecule has 1 aliphatic heterocycles. The number of halogens is 1. The van der Waals surface area contributed by atoms with Crippen LogP contribution in [0.2, 0.25) is 0 Å². The van der Waals surface area contributed by atoms with Gasteiger partial charge in [0.25, 0.3) is 0 Å². The van der Waals surface area contributed by atoms with Crippen LogP contribution in [0, 0.1) is 11.7 Å². The van der Waals surface area contributed by atoms with Crippen molar-refractivity contribution in [1.29, 1.82) is 0 Å². The second kappa shape index (κ2) is 6.35. The average Bonchev–Trinajstić information content (AvgIpc) is 2.94. The highest BCUT2D eigenvalue weighted by atomic mass is 19.1. The van der Waals surface area contributed by atoms with Gasteiger partial charge in [-0.25, -0.2) is 14.1 Å². The van der Waals surface area contributed by atoms with E-state index in [0.717, 1.165) is 36.8 Å². The van der Waals surface area contributed by atoms with Crippen molar-refractivity contribution in [3.05, 3.63) is 42.2 Å². The monoisotopic (exact) mass is 288 g/mol. The Bertz CT molecular complexity index is 595. The van der Waals surface area contributed by atoms with E-state index < -0.39 is 0 Å². The highest BCUT2D eigenvalue weighted by Gasteiger charge is 2.18. The minimum atomic E-state index is -0.247. The second-order valence-corrected chi connectivity index (χ2v) is 5.88. The molecular weight excluding hydrogens is 267 g/mol. The van der Waals surface area contributed by atoms with Crippen molar-refractivity contribution >= 4 is 0 Å². The maximum Gasteiger partial charge on any atom is 0.138 e. The minimum absolute atomic E-state index is 0.247. The molecule has 3 rings (SSSR count). The van der Waals surface area contributed by atoms with Crippen LogP contribution in [0.5, 0.6) is 0 Å². The quantitative estimate of drug-likeness (QED) is 0.867. The summed E-state index contributed by atoms with van der Waals surface area (Å²) in [4.78, 5) is 6.74. The van der Waals surface area contributed by atoms with Gasteiger partial charge in [-0.05, 0) is 57.0 Å². The molecule has 1 saturated heterocycles. The molecule has 0 saturated carbocycles. The molecule has 0 radical (unpaired) electrons. The third-order valence-electron chi connectivity index (χ3n) is 4.17. The summed E-state index contributed by atoms with van der Waals surface area (Å²) < 4.78 is 15.1. The summed E-state index contributed by atoms with van der Waals surface area (Å²) in [7, 11) is 2.18. The highest BCUT2D eigenvalue weighted by molar-refractivity contribution is 5.31. The summed E-state index contributed by atoms with van der Waals surface area (Å²) in [5, 5.41) is 4.23. The fourth-order valence-corrected chi connectivity index (χ4v) is 3.10. The van der Waals surface area contributed by atoms with Crippen molar-refractivity contribution in [3.63, 3.8) is 0 Å². The fraction of sp³-hybridized carbons (Fsp3) is 0.500. The zero-order chi connectivity index (χ0) is 14.7. The predicted molar refractivity (Wildman–Crippen MR) is 79.9 cm³/mol. The first-order valence-electron chi connectivity index (χ1n) is 7.56. The highest BCUT2D eigenvalue weighted by Crippen LogP contribution is 2.21. The van der Waals surface area contributed by atoms with E-state index in [4.69, 9.17) is 0 Å². The Balaban J connectivity index is 1.68. The normalized spacial score (nSPS) is 19.8. The number of aryl methyl sites for hydroxylation is 1. The maximum atomic E-state index is 13.3. The molecule has 5 heteroatoms. The van der Waals surface area contributed by atoms with Crippen molar-refractivity contribution in [2.45, 2.75) is 25.7 Å². The molecule has 1 aromatic carbocycles. The molecule has 4 nitrogen and oxygen atoms in total. The van der Waals surface area contributed by atoms with Crippen molar-refractivity contribution < 1.29 is 4.39 Å². The third kappa shape index (κ3) is 3.47. The first-order valence-corrected chi connectivity index (χ1v) is 7.56. The van der Waals surface area contributed by atoms with Crippen LogP contribution in [0.3, 0.4) is 0 Å². The van der Waals surface area contributed by atoms with Gasteiger partial charge >= 0.3 is 0 Å². The predicted octanol–water partition coefficient (Wildman–Crippen LogP) is 2.68. The molecule has 2 heterocycles. The molecule has 0 N–H and O–H groups in total. The summed E-state index contributed by atoms with van der Waals surface area (Å²) in [5.41, 5.74) is 0.739. The Hall–Kier alpha value is -1.75. The zero-order valence-electron chi connectivity index (χ0n) is 12.4. The molecule has 21 heavy (non-hydrogen) atoms. The van der Waals surface area contributed by atoms with Gasteiger partial charge in [0.1, 0.15) is 18.0 Å². The molecule has 1 aromatic heterocycles. The minimum Gasteiger partial charge on any atom is -0.306 e. The molecule has 1 aliphatic rings. The van der Waals surface area contributed by atoms with Gasteiger partial charge in [-0.2, -0.15) is 5.10 Å².